The fraction of sp³-hybridized carbons (Fsp3) is 0.346. The monoisotopic (exact) mass is 462 g/mol. The van der Waals surface area contributed by atoms with E-state index in [1.165, 1.54) is 12.1 Å². The highest BCUT2D eigenvalue weighted by Crippen LogP contribution is 2.38. The van der Waals surface area contributed by atoms with Gasteiger partial charge >= 0.3 is 0 Å². The quantitative estimate of drug-likeness (QED) is 0.414. The zero-order chi connectivity index (χ0) is 23.4. The van der Waals surface area contributed by atoms with Crippen LogP contribution in [-0.4, -0.2) is 25.9 Å². The zero-order valence-corrected chi connectivity index (χ0v) is 18.7. The van der Waals surface area contributed by atoms with Gasteiger partial charge in [0, 0.05) is 58.9 Å². The summed E-state index contributed by atoms with van der Waals surface area (Å²) in [5.41, 5.74) is 2.52. The van der Waals surface area contributed by atoms with Gasteiger partial charge in [0.2, 0.25) is 0 Å². The van der Waals surface area contributed by atoms with Crippen molar-refractivity contribution in [2.24, 2.45) is 0 Å². The number of nitrogens with zero attached hydrogens (tertiary/aromatic N) is 4. The second-order valence-electron chi connectivity index (χ2n) is 9.25. The van der Waals surface area contributed by atoms with Gasteiger partial charge in [-0.25, -0.2) is 13.8 Å². The Morgan fingerprint density at radius 3 is 2.68 bits per heavy atom. The molecule has 0 N–H and O–H groups in total. The minimum Gasteiger partial charge on any atom is -0.373 e. The van der Waals surface area contributed by atoms with Crippen LogP contribution in [0, 0.1) is 18.6 Å². The van der Waals surface area contributed by atoms with E-state index >= 15 is 0 Å². The predicted octanol–water partition coefficient (Wildman–Crippen LogP) is 5.27. The van der Waals surface area contributed by atoms with E-state index in [0.717, 1.165) is 24.5 Å². The second-order valence-corrected chi connectivity index (χ2v) is 9.25. The summed E-state index contributed by atoms with van der Waals surface area (Å²) in [4.78, 5) is 18.0. The van der Waals surface area contributed by atoms with E-state index in [4.69, 9.17) is 4.74 Å². The SMILES string of the molecule is Cc1ccc2c(-c3ccc(F)cc3F)cn([C@@H]3CCO[C@H](c4cnn(C5CC5)c4)C3)c(=O)c2n1. The van der Waals surface area contributed by atoms with Crippen molar-refractivity contribution in [3.8, 4) is 11.1 Å². The fourth-order valence-electron chi connectivity index (χ4n) is 4.84. The minimum absolute atomic E-state index is 0.149. The van der Waals surface area contributed by atoms with E-state index in [9.17, 15) is 13.6 Å². The summed E-state index contributed by atoms with van der Waals surface area (Å²) in [5, 5.41) is 5.02. The van der Waals surface area contributed by atoms with E-state index in [0.29, 0.717) is 42.1 Å². The Morgan fingerprint density at radius 2 is 1.88 bits per heavy atom. The van der Waals surface area contributed by atoms with E-state index in [-0.39, 0.29) is 28.8 Å². The van der Waals surface area contributed by atoms with E-state index in [2.05, 4.69) is 10.1 Å². The smallest absolute Gasteiger partial charge is 0.277 e. The van der Waals surface area contributed by atoms with Crippen LogP contribution in [0.25, 0.3) is 22.0 Å². The van der Waals surface area contributed by atoms with Crippen molar-refractivity contribution in [1.29, 1.82) is 0 Å². The van der Waals surface area contributed by atoms with E-state index in [1.54, 1.807) is 22.9 Å². The summed E-state index contributed by atoms with van der Waals surface area (Å²) < 4.78 is 38.1. The topological polar surface area (TPSA) is 61.9 Å². The van der Waals surface area contributed by atoms with Crippen LogP contribution in [0.3, 0.4) is 0 Å². The largest absolute Gasteiger partial charge is 0.373 e. The van der Waals surface area contributed by atoms with Gasteiger partial charge in [0.05, 0.1) is 18.3 Å². The molecule has 8 heteroatoms. The number of hydrogen-bond donors (Lipinski definition) is 0. The molecule has 1 saturated heterocycles. The number of aromatic nitrogens is 4. The maximum absolute atomic E-state index is 14.8. The van der Waals surface area contributed by atoms with Crippen LogP contribution in [-0.2, 0) is 4.74 Å². The lowest BCUT2D eigenvalue weighted by Crippen LogP contribution is -2.31. The van der Waals surface area contributed by atoms with Crippen molar-refractivity contribution < 1.29 is 13.5 Å². The van der Waals surface area contributed by atoms with Crippen molar-refractivity contribution in [3.63, 3.8) is 0 Å². The van der Waals surface area contributed by atoms with Crippen molar-refractivity contribution in [2.75, 3.05) is 6.61 Å². The zero-order valence-electron chi connectivity index (χ0n) is 18.7. The highest BCUT2D eigenvalue weighted by Gasteiger charge is 2.30. The molecule has 0 radical (unpaired) electrons. The number of fused-ring (bicyclic) bond motifs is 1. The van der Waals surface area contributed by atoms with Crippen LogP contribution in [0.1, 0.15) is 55.1 Å². The van der Waals surface area contributed by atoms with Crippen LogP contribution in [0.15, 0.2) is 53.7 Å². The molecule has 2 aliphatic rings. The molecule has 6 nitrogen and oxygen atoms in total. The van der Waals surface area contributed by atoms with Gasteiger partial charge in [-0.1, -0.05) is 6.07 Å². The molecule has 34 heavy (non-hydrogen) atoms. The molecule has 1 aliphatic heterocycles. The molecule has 0 bridgehead atoms. The first-order chi connectivity index (χ1) is 16.5. The van der Waals surface area contributed by atoms with Crippen LogP contribution < -0.4 is 5.56 Å². The predicted molar refractivity (Wildman–Crippen MR) is 124 cm³/mol. The van der Waals surface area contributed by atoms with E-state index < -0.39 is 11.6 Å². The Bertz CT molecular complexity index is 1460. The Kier molecular flexibility index (Phi) is 5.06. The molecule has 3 aromatic heterocycles. The van der Waals surface area contributed by atoms with Crippen LogP contribution in [0.5, 0.6) is 0 Å². The molecular formula is C26H24F2N4O2. The first-order valence-corrected chi connectivity index (χ1v) is 11.6. The Morgan fingerprint density at radius 1 is 1.03 bits per heavy atom. The molecule has 4 aromatic rings. The normalized spacial score (nSPS) is 20.7. The van der Waals surface area contributed by atoms with Gasteiger partial charge in [0.15, 0.2) is 0 Å². The molecular weight excluding hydrogens is 438 g/mol. The summed E-state index contributed by atoms with van der Waals surface area (Å²) in [6.07, 6.45) is 8.95. The minimum atomic E-state index is -0.676. The second kappa shape index (κ2) is 8.13. The van der Waals surface area contributed by atoms with Crippen LogP contribution in [0.2, 0.25) is 0 Å². The molecule has 1 aromatic carbocycles. The fourth-order valence-corrected chi connectivity index (χ4v) is 4.84. The summed E-state index contributed by atoms with van der Waals surface area (Å²) in [5.74, 6) is -1.32. The van der Waals surface area contributed by atoms with Gasteiger partial charge < -0.3 is 9.30 Å². The number of ether oxygens (including phenoxy) is 1. The third kappa shape index (κ3) is 3.72. The molecule has 2 fully saturated rings. The maximum atomic E-state index is 14.8. The van der Waals surface area contributed by atoms with Crippen molar-refractivity contribution >= 4 is 10.9 Å². The first kappa shape index (κ1) is 21.2. The Hall–Kier alpha value is -3.39. The number of rotatable bonds is 4. The number of pyridine rings is 2. The standard InChI is InChI=1S/C26H24F2N4O2/c1-15-2-6-21-22(20-7-3-17(27)10-23(20)28)14-31(26(33)25(21)30-15)19-8-9-34-24(11-19)16-12-29-32(13-16)18-4-5-18/h2-3,6-7,10,12-14,18-19,24H,4-5,8-9,11H2,1H3/t19-,24+/m1/s1. The number of halogens is 2. The molecule has 174 valence electrons. The first-order valence-electron chi connectivity index (χ1n) is 11.6. The van der Waals surface area contributed by atoms with Gasteiger partial charge in [-0.05, 0) is 50.8 Å². The lowest BCUT2D eigenvalue weighted by molar-refractivity contribution is -0.00760. The van der Waals surface area contributed by atoms with Crippen molar-refractivity contribution in [2.45, 2.75) is 50.8 Å². The molecule has 0 spiro atoms. The lowest BCUT2D eigenvalue weighted by atomic mass is 9.97. The summed E-state index contributed by atoms with van der Waals surface area (Å²) >= 11 is 0. The van der Waals surface area contributed by atoms with Crippen molar-refractivity contribution in [1.82, 2.24) is 19.3 Å². The van der Waals surface area contributed by atoms with Crippen LogP contribution >= 0.6 is 0 Å². The number of aryl methyl sites for hydroxylation is 1. The average molecular weight is 463 g/mol. The van der Waals surface area contributed by atoms with Gasteiger partial charge in [-0.3, -0.25) is 9.48 Å². The Labute approximate surface area is 194 Å². The van der Waals surface area contributed by atoms with Gasteiger partial charge in [-0.2, -0.15) is 5.10 Å². The molecule has 4 heterocycles. The highest BCUT2D eigenvalue weighted by molar-refractivity contribution is 5.94. The summed E-state index contributed by atoms with van der Waals surface area (Å²) in [7, 11) is 0. The molecule has 1 aliphatic carbocycles. The molecule has 0 amide bonds. The molecule has 6 rings (SSSR count). The van der Waals surface area contributed by atoms with Gasteiger partial charge in [0.1, 0.15) is 17.2 Å². The number of hydrogen-bond acceptors (Lipinski definition) is 4. The average Bonchev–Trinajstić information content (AvgIpc) is 3.56. The van der Waals surface area contributed by atoms with Gasteiger partial charge in [-0.15, -0.1) is 0 Å². The van der Waals surface area contributed by atoms with E-state index in [1.807, 2.05) is 24.0 Å². The van der Waals surface area contributed by atoms with Crippen LogP contribution in [0.4, 0.5) is 8.78 Å². The van der Waals surface area contributed by atoms with Gasteiger partial charge in [0.25, 0.3) is 5.56 Å². The van der Waals surface area contributed by atoms with Crippen molar-refractivity contribution in [3.05, 3.63) is 82.2 Å². The lowest BCUT2D eigenvalue weighted by Gasteiger charge is -2.31. The molecule has 0 unspecified atom stereocenters. The molecule has 1 saturated carbocycles. The number of benzene rings is 1. The third-order valence-electron chi connectivity index (χ3n) is 6.82. The summed E-state index contributed by atoms with van der Waals surface area (Å²) in [6.45, 7) is 2.31. The molecule has 2 atom stereocenters. The highest BCUT2D eigenvalue weighted by atomic mass is 19.1. The Balaban J connectivity index is 1.44. The maximum Gasteiger partial charge on any atom is 0.277 e. The summed E-state index contributed by atoms with van der Waals surface area (Å²) in [6, 6.07) is 7.40. The third-order valence-corrected chi connectivity index (χ3v) is 6.82.